The summed E-state index contributed by atoms with van der Waals surface area (Å²) in [6.45, 7) is 7.85. The van der Waals surface area contributed by atoms with Gasteiger partial charge in [-0.15, -0.1) is 0 Å². The van der Waals surface area contributed by atoms with Crippen LogP contribution in [0.25, 0.3) is 21.8 Å². The molecule has 5 nitrogen and oxygen atoms in total. The minimum atomic E-state index is 0.714. The number of rotatable bonds is 5. The van der Waals surface area contributed by atoms with Crippen molar-refractivity contribution in [3.8, 4) is 0 Å². The second-order valence-electron chi connectivity index (χ2n) is 10.5. The van der Waals surface area contributed by atoms with Gasteiger partial charge in [0.25, 0.3) is 0 Å². The lowest BCUT2D eigenvalue weighted by Gasteiger charge is -2.36. The maximum absolute atomic E-state index is 2.59. The Morgan fingerprint density at radius 3 is 1.39 bits per heavy atom. The van der Waals surface area contributed by atoms with Gasteiger partial charge in [0.1, 0.15) is 0 Å². The van der Waals surface area contributed by atoms with E-state index in [0.717, 1.165) is 32.7 Å². The number of fused-ring (bicyclic) bond motifs is 3. The predicted molar refractivity (Wildman–Crippen MR) is 143 cm³/mol. The molecule has 2 aliphatic rings. The fourth-order valence-corrected chi connectivity index (χ4v) is 6.10. The van der Waals surface area contributed by atoms with Gasteiger partial charge in [0.05, 0.1) is 0 Å². The number of aromatic nitrogens is 1. The van der Waals surface area contributed by atoms with Crippen LogP contribution >= 0.6 is 0 Å². The van der Waals surface area contributed by atoms with E-state index >= 15 is 0 Å². The second kappa shape index (κ2) is 9.19. The van der Waals surface area contributed by atoms with Gasteiger partial charge in [0.15, 0.2) is 0 Å². The first kappa shape index (κ1) is 22.5. The molecule has 0 N–H and O–H groups in total. The van der Waals surface area contributed by atoms with Crippen molar-refractivity contribution in [2.75, 3.05) is 64.2 Å². The van der Waals surface area contributed by atoms with Crippen molar-refractivity contribution in [1.82, 2.24) is 14.4 Å². The zero-order valence-electron chi connectivity index (χ0n) is 21.2. The van der Waals surface area contributed by atoms with Crippen LogP contribution < -0.4 is 9.80 Å². The Morgan fingerprint density at radius 1 is 0.667 bits per heavy atom. The predicted octanol–water partition coefficient (Wildman–Crippen LogP) is 4.88. The van der Waals surface area contributed by atoms with Crippen LogP contribution in [0.15, 0.2) is 36.4 Å². The third-order valence-electron chi connectivity index (χ3n) is 8.27. The third kappa shape index (κ3) is 4.22. The van der Waals surface area contributed by atoms with E-state index in [2.05, 4.69) is 95.7 Å². The van der Waals surface area contributed by atoms with Crippen molar-refractivity contribution < 1.29 is 0 Å². The Kier molecular flexibility index (Phi) is 6.28. The summed E-state index contributed by atoms with van der Waals surface area (Å²) < 4.78 is 2.48. The Balaban J connectivity index is 1.47. The van der Waals surface area contributed by atoms with Crippen LogP contribution in [0, 0.1) is 0 Å². The van der Waals surface area contributed by atoms with E-state index in [1.54, 1.807) is 0 Å². The number of anilines is 2. The summed E-state index contributed by atoms with van der Waals surface area (Å²) in [7, 11) is 8.86. The van der Waals surface area contributed by atoms with Gasteiger partial charge in [-0.25, -0.2) is 0 Å². The summed E-state index contributed by atoms with van der Waals surface area (Å²) >= 11 is 0. The summed E-state index contributed by atoms with van der Waals surface area (Å²) in [5, 5.41) is 2.81. The Bertz CT molecular complexity index is 1010. The van der Waals surface area contributed by atoms with Crippen molar-refractivity contribution in [3.05, 3.63) is 36.4 Å². The molecule has 5 heteroatoms. The molecular weight excluding hydrogens is 406 g/mol. The number of benzene rings is 2. The quantitative estimate of drug-likeness (QED) is 0.555. The molecule has 0 saturated carbocycles. The normalized spacial score (nSPS) is 19.0. The largest absolute Gasteiger partial charge is 0.371 e. The van der Waals surface area contributed by atoms with Gasteiger partial charge in [0, 0.05) is 78.0 Å². The van der Waals surface area contributed by atoms with Crippen molar-refractivity contribution in [2.24, 2.45) is 0 Å². The van der Waals surface area contributed by atoms with E-state index in [1.807, 2.05) is 0 Å². The molecule has 5 rings (SSSR count). The van der Waals surface area contributed by atoms with Crippen LogP contribution in [0.1, 0.15) is 32.6 Å². The fourth-order valence-electron chi connectivity index (χ4n) is 6.10. The molecule has 0 aliphatic carbocycles. The van der Waals surface area contributed by atoms with Crippen molar-refractivity contribution in [3.63, 3.8) is 0 Å². The lowest BCUT2D eigenvalue weighted by molar-refractivity contribution is 0.249. The molecule has 2 fully saturated rings. The molecule has 0 amide bonds. The van der Waals surface area contributed by atoms with Gasteiger partial charge in [-0.3, -0.25) is 0 Å². The molecule has 0 atom stereocenters. The maximum Gasteiger partial charge on any atom is 0.0492 e. The number of nitrogens with zero attached hydrogens (tertiary/aromatic N) is 5. The third-order valence-corrected chi connectivity index (χ3v) is 8.27. The molecule has 33 heavy (non-hydrogen) atoms. The smallest absolute Gasteiger partial charge is 0.0492 e. The van der Waals surface area contributed by atoms with E-state index in [0.29, 0.717) is 12.1 Å². The lowest BCUT2D eigenvalue weighted by Crippen LogP contribution is -2.42. The van der Waals surface area contributed by atoms with Gasteiger partial charge in [0.2, 0.25) is 0 Å². The molecule has 2 saturated heterocycles. The highest BCUT2D eigenvalue weighted by atomic mass is 15.2. The van der Waals surface area contributed by atoms with E-state index in [1.165, 1.54) is 58.9 Å². The summed E-state index contributed by atoms with van der Waals surface area (Å²) in [4.78, 5) is 9.95. The molecule has 1 aromatic heterocycles. The Morgan fingerprint density at radius 2 is 1.06 bits per heavy atom. The number of hydrogen-bond donors (Lipinski definition) is 0. The Hall–Kier alpha value is -2.24. The number of aryl methyl sites for hydroxylation is 1. The molecular formula is C28H41N5. The lowest BCUT2D eigenvalue weighted by atomic mass is 10.0. The van der Waals surface area contributed by atoms with Crippen LogP contribution in [0.2, 0.25) is 0 Å². The van der Waals surface area contributed by atoms with Gasteiger partial charge >= 0.3 is 0 Å². The first-order chi connectivity index (χ1) is 16.0. The van der Waals surface area contributed by atoms with Crippen LogP contribution in [0.4, 0.5) is 11.4 Å². The van der Waals surface area contributed by atoms with Crippen molar-refractivity contribution >= 4 is 33.2 Å². The van der Waals surface area contributed by atoms with Gasteiger partial charge in [-0.05, 0) is 97.2 Å². The van der Waals surface area contributed by atoms with Crippen LogP contribution in [-0.4, -0.2) is 80.8 Å². The molecule has 0 bridgehead atoms. The molecule has 0 unspecified atom stereocenters. The Labute approximate surface area is 199 Å². The minimum Gasteiger partial charge on any atom is -0.371 e. The van der Waals surface area contributed by atoms with E-state index in [-0.39, 0.29) is 0 Å². The molecule has 178 valence electrons. The second-order valence-corrected chi connectivity index (χ2v) is 10.5. The number of hydrogen-bond acceptors (Lipinski definition) is 4. The van der Waals surface area contributed by atoms with Gasteiger partial charge in [-0.1, -0.05) is 0 Å². The van der Waals surface area contributed by atoms with Crippen molar-refractivity contribution in [1.29, 1.82) is 0 Å². The van der Waals surface area contributed by atoms with Gasteiger partial charge < -0.3 is 24.2 Å². The van der Waals surface area contributed by atoms with Crippen LogP contribution in [0.3, 0.4) is 0 Å². The standard InChI is InChI=1S/C28H41N5/c1-6-33-27-9-7-23(31-15-11-21(12-16-31)29(2)3)19-25(27)26-20-24(8-10-28(26)33)32-17-13-22(14-18-32)30(4)5/h7-10,19-22H,6,11-18H2,1-5H3. The monoisotopic (exact) mass is 447 g/mol. The SMILES string of the molecule is CCn1c2ccc(N3CCC(N(C)C)CC3)cc2c2cc(N3CCC(N(C)C)CC3)ccc21. The molecule has 3 aromatic rings. The van der Waals surface area contributed by atoms with Crippen LogP contribution in [0.5, 0.6) is 0 Å². The summed E-state index contributed by atoms with van der Waals surface area (Å²) in [5.41, 5.74) is 5.49. The summed E-state index contributed by atoms with van der Waals surface area (Å²) in [6, 6.07) is 15.7. The van der Waals surface area contributed by atoms with E-state index in [9.17, 15) is 0 Å². The highest BCUT2D eigenvalue weighted by Crippen LogP contribution is 2.36. The van der Waals surface area contributed by atoms with Crippen molar-refractivity contribution in [2.45, 2.75) is 51.2 Å². The maximum atomic E-state index is 2.59. The first-order valence-corrected chi connectivity index (χ1v) is 12.8. The zero-order valence-corrected chi connectivity index (χ0v) is 21.2. The molecule has 2 aromatic carbocycles. The van der Waals surface area contributed by atoms with E-state index < -0.39 is 0 Å². The highest BCUT2D eigenvalue weighted by Gasteiger charge is 2.23. The zero-order chi connectivity index (χ0) is 23.1. The average Bonchev–Trinajstić information content (AvgIpc) is 3.16. The molecule has 0 spiro atoms. The van der Waals surface area contributed by atoms with Gasteiger partial charge in [-0.2, -0.15) is 0 Å². The molecule has 3 heterocycles. The topological polar surface area (TPSA) is 17.9 Å². The first-order valence-electron chi connectivity index (χ1n) is 12.8. The van der Waals surface area contributed by atoms with E-state index in [4.69, 9.17) is 0 Å². The summed E-state index contributed by atoms with van der Waals surface area (Å²) in [5.74, 6) is 0. The highest BCUT2D eigenvalue weighted by molar-refractivity contribution is 6.10. The number of piperidine rings is 2. The average molecular weight is 448 g/mol. The molecule has 0 radical (unpaired) electrons. The molecule has 2 aliphatic heterocycles. The fraction of sp³-hybridized carbons (Fsp3) is 0.571. The summed E-state index contributed by atoms with van der Waals surface area (Å²) in [6.07, 6.45) is 4.98. The van der Waals surface area contributed by atoms with Crippen LogP contribution in [-0.2, 0) is 6.54 Å². The minimum absolute atomic E-state index is 0.714.